The van der Waals surface area contributed by atoms with E-state index in [0.29, 0.717) is 24.3 Å². The Kier molecular flexibility index (Phi) is 6.55. The molecular formula is C19H26N4O2S. The molecule has 6 nitrogen and oxygen atoms in total. The van der Waals surface area contributed by atoms with Gasteiger partial charge in [0, 0.05) is 13.1 Å². The number of aromatic nitrogens is 3. The number of para-hydroxylation sites is 1. The van der Waals surface area contributed by atoms with Crippen molar-refractivity contribution in [2.24, 2.45) is 13.0 Å². The van der Waals surface area contributed by atoms with Gasteiger partial charge in [0.25, 0.3) is 0 Å². The van der Waals surface area contributed by atoms with Crippen LogP contribution in [-0.4, -0.2) is 32.5 Å². The first kappa shape index (κ1) is 18.8. The Morgan fingerprint density at radius 3 is 2.81 bits per heavy atom. The van der Waals surface area contributed by atoms with Crippen LogP contribution in [0.4, 0.5) is 0 Å². The van der Waals surface area contributed by atoms with Crippen molar-refractivity contribution >= 4 is 17.7 Å². The van der Waals surface area contributed by atoms with Gasteiger partial charge >= 0.3 is 0 Å². The molecule has 1 amide bonds. The number of rotatable bonds is 7. The number of nitrogens with one attached hydrogen (secondary N) is 1. The fourth-order valence-electron chi connectivity index (χ4n) is 3.17. The summed E-state index contributed by atoms with van der Waals surface area (Å²) in [7, 11) is 1.90. The summed E-state index contributed by atoms with van der Waals surface area (Å²) in [5.74, 6) is 2.52. The maximum Gasteiger partial charge on any atom is 0.230 e. The number of carbonyl (C=O) groups excluding carboxylic acids is 1. The van der Waals surface area contributed by atoms with Crippen molar-refractivity contribution in [1.82, 2.24) is 20.1 Å². The Morgan fingerprint density at radius 2 is 2.04 bits per heavy atom. The van der Waals surface area contributed by atoms with E-state index in [4.69, 9.17) is 4.74 Å². The van der Waals surface area contributed by atoms with Crippen molar-refractivity contribution in [2.75, 3.05) is 5.75 Å². The van der Waals surface area contributed by atoms with Crippen LogP contribution in [0, 0.1) is 5.92 Å². The van der Waals surface area contributed by atoms with Crippen LogP contribution in [0.2, 0.25) is 0 Å². The lowest BCUT2D eigenvalue weighted by Crippen LogP contribution is -2.41. The highest BCUT2D eigenvalue weighted by atomic mass is 32.2. The third-order valence-corrected chi connectivity index (χ3v) is 5.85. The summed E-state index contributed by atoms with van der Waals surface area (Å²) in [4.78, 5) is 12.2. The maximum absolute atomic E-state index is 12.2. The molecule has 1 fully saturated rings. The molecule has 0 bridgehead atoms. The van der Waals surface area contributed by atoms with Gasteiger partial charge in [-0.05, 0) is 30.9 Å². The van der Waals surface area contributed by atoms with Gasteiger partial charge in [-0.1, -0.05) is 49.7 Å². The summed E-state index contributed by atoms with van der Waals surface area (Å²) in [5.41, 5.74) is 0. The fourth-order valence-corrected chi connectivity index (χ4v) is 3.91. The van der Waals surface area contributed by atoms with E-state index in [1.54, 1.807) is 0 Å². The average molecular weight is 375 g/mol. The Labute approximate surface area is 158 Å². The van der Waals surface area contributed by atoms with Gasteiger partial charge in [-0.15, -0.1) is 10.2 Å². The number of hydrogen-bond acceptors (Lipinski definition) is 5. The van der Waals surface area contributed by atoms with E-state index in [2.05, 4.69) is 22.4 Å². The van der Waals surface area contributed by atoms with Crippen molar-refractivity contribution in [1.29, 1.82) is 0 Å². The Balaban J connectivity index is 1.47. The van der Waals surface area contributed by atoms with Gasteiger partial charge in [0.1, 0.15) is 12.4 Å². The number of nitrogens with zero attached hydrogens (tertiary/aromatic N) is 3. The molecule has 2 aromatic rings. The van der Waals surface area contributed by atoms with Crippen molar-refractivity contribution in [2.45, 2.75) is 50.4 Å². The molecule has 0 unspecified atom stereocenters. The first-order chi connectivity index (χ1) is 12.6. The second-order valence-electron chi connectivity index (χ2n) is 6.78. The lowest BCUT2D eigenvalue weighted by atomic mass is 9.86. The van der Waals surface area contributed by atoms with E-state index in [9.17, 15) is 4.79 Å². The highest BCUT2D eigenvalue weighted by Crippen LogP contribution is 2.24. The van der Waals surface area contributed by atoms with E-state index >= 15 is 0 Å². The highest BCUT2D eigenvalue weighted by Gasteiger charge is 2.23. The molecular weight excluding hydrogens is 348 g/mol. The third-order valence-electron chi connectivity index (χ3n) is 4.83. The molecule has 140 valence electrons. The van der Waals surface area contributed by atoms with E-state index in [0.717, 1.165) is 23.2 Å². The summed E-state index contributed by atoms with van der Waals surface area (Å²) in [6, 6.07) is 9.93. The summed E-state index contributed by atoms with van der Waals surface area (Å²) in [5, 5.41) is 12.2. The molecule has 1 aromatic heterocycles. The van der Waals surface area contributed by atoms with Crippen LogP contribution in [-0.2, 0) is 18.4 Å². The number of ether oxygens (including phenoxy) is 1. The van der Waals surface area contributed by atoms with Crippen LogP contribution >= 0.6 is 11.8 Å². The molecule has 1 saturated carbocycles. The molecule has 0 saturated heterocycles. The van der Waals surface area contributed by atoms with Gasteiger partial charge in [0.05, 0.1) is 5.75 Å². The summed E-state index contributed by atoms with van der Waals surface area (Å²) in [6.45, 7) is 2.57. The predicted molar refractivity (Wildman–Crippen MR) is 102 cm³/mol. The smallest absolute Gasteiger partial charge is 0.230 e. The third kappa shape index (κ3) is 5.00. The van der Waals surface area contributed by atoms with Crippen LogP contribution in [0.1, 0.15) is 38.4 Å². The molecule has 2 atom stereocenters. The van der Waals surface area contributed by atoms with Crippen LogP contribution in [0.3, 0.4) is 0 Å². The molecule has 0 spiro atoms. The van der Waals surface area contributed by atoms with Gasteiger partial charge in [0.2, 0.25) is 5.91 Å². The van der Waals surface area contributed by atoms with Crippen molar-refractivity contribution in [3.05, 3.63) is 36.2 Å². The zero-order chi connectivity index (χ0) is 18.4. The molecule has 0 radical (unpaired) electrons. The van der Waals surface area contributed by atoms with E-state index in [1.807, 2.05) is 41.9 Å². The standard InChI is InChI=1S/C19H26N4O2S/c1-14-8-6-7-11-16(14)20-18(24)13-26-19-22-21-17(23(19)2)12-25-15-9-4-3-5-10-15/h3-5,9-10,14,16H,6-8,11-13H2,1-2H3,(H,20,24)/t14-,16+/m1/s1. The first-order valence-electron chi connectivity index (χ1n) is 9.12. The quantitative estimate of drug-likeness (QED) is 0.754. The number of benzene rings is 1. The molecule has 1 N–H and O–H groups in total. The Hall–Kier alpha value is -2.02. The molecule has 0 aliphatic heterocycles. The molecule has 1 aliphatic rings. The monoisotopic (exact) mass is 374 g/mol. The van der Waals surface area contributed by atoms with Gasteiger partial charge in [-0.2, -0.15) is 0 Å². The van der Waals surface area contributed by atoms with E-state index in [1.165, 1.54) is 31.0 Å². The molecule has 7 heteroatoms. The Bertz CT molecular complexity index is 720. The van der Waals surface area contributed by atoms with Gasteiger partial charge in [-0.25, -0.2) is 0 Å². The Morgan fingerprint density at radius 1 is 1.27 bits per heavy atom. The summed E-state index contributed by atoms with van der Waals surface area (Å²) in [6.07, 6.45) is 4.76. The lowest BCUT2D eigenvalue weighted by molar-refractivity contribution is -0.119. The molecule has 1 heterocycles. The van der Waals surface area contributed by atoms with E-state index in [-0.39, 0.29) is 5.91 Å². The zero-order valence-corrected chi connectivity index (χ0v) is 16.2. The number of thioether (sulfide) groups is 1. The first-order valence-corrected chi connectivity index (χ1v) is 10.1. The minimum Gasteiger partial charge on any atom is -0.486 e. The van der Waals surface area contributed by atoms with Crippen molar-refractivity contribution in [3.63, 3.8) is 0 Å². The second-order valence-corrected chi connectivity index (χ2v) is 7.73. The normalized spacial score (nSPS) is 19.9. The number of carbonyl (C=O) groups is 1. The topological polar surface area (TPSA) is 69.0 Å². The van der Waals surface area contributed by atoms with E-state index < -0.39 is 0 Å². The zero-order valence-electron chi connectivity index (χ0n) is 15.4. The van der Waals surface area contributed by atoms with Gasteiger partial charge < -0.3 is 14.6 Å². The van der Waals surface area contributed by atoms with Crippen molar-refractivity contribution < 1.29 is 9.53 Å². The van der Waals surface area contributed by atoms with Crippen LogP contribution in [0.25, 0.3) is 0 Å². The highest BCUT2D eigenvalue weighted by molar-refractivity contribution is 7.99. The lowest BCUT2D eigenvalue weighted by Gasteiger charge is -2.29. The van der Waals surface area contributed by atoms with Gasteiger partial charge in [0.15, 0.2) is 11.0 Å². The average Bonchev–Trinajstić information content (AvgIpc) is 3.01. The molecule has 3 rings (SSSR count). The molecule has 1 aliphatic carbocycles. The summed E-state index contributed by atoms with van der Waals surface area (Å²) >= 11 is 1.41. The van der Waals surface area contributed by atoms with Crippen molar-refractivity contribution in [3.8, 4) is 5.75 Å². The predicted octanol–water partition coefficient (Wildman–Crippen LogP) is 3.18. The summed E-state index contributed by atoms with van der Waals surface area (Å²) < 4.78 is 7.59. The minimum atomic E-state index is 0.0684. The second kappa shape index (κ2) is 9.07. The maximum atomic E-state index is 12.2. The minimum absolute atomic E-state index is 0.0684. The largest absolute Gasteiger partial charge is 0.486 e. The fraction of sp³-hybridized carbons (Fsp3) is 0.526. The number of amides is 1. The van der Waals surface area contributed by atoms with Crippen LogP contribution in [0.5, 0.6) is 5.75 Å². The van der Waals surface area contributed by atoms with Gasteiger partial charge in [-0.3, -0.25) is 4.79 Å². The SMILES string of the molecule is C[C@@H]1CCCC[C@@H]1NC(=O)CSc1nnc(COc2ccccc2)n1C. The van der Waals surface area contributed by atoms with Crippen LogP contribution in [0.15, 0.2) is 35.5 Å². The molecule has 26 heavy (non-hydrogen) atoms. The number of hydrogen-bond donors (Lipinski definition) is 1. The van der Waals surface area contributed by atoms with Crippen LogP contribution < -0.4 is 10.1 Å². The molecule has 1 aromatic carbocycles.